The van der Waals surface area contributed by atoms with Crippen LogP contribution in [-0.4, -0.2) is 25.1 Å². The van der Waals surface area contributed by atoms with Crippen LogP contribution < -0.4 is 5.73 Å². The fourth-order valence-corrected chi connectivity index (χ4v) is 2.53. The Morgan fingerprint density at radius 3 is 2.67 bits per heavy atom. The number of pyridine rings is 1. The predicted molar refractivity (Wildman–Crippen MR) is 82.9 cm³/mol. The van der Waals surface area contributed by atoms with Crippen LogP contribution >= 0.6 is 0 Å². The molecule has 0 atom stereocenters. The Balaban J connectivity index is 2.15. The molecule has 0 saturated carbocycles. The standard InChI is InChI=1S/C15H15F3N6/c1-2-3-4-8-5-20-7-10-11(8)13(19)23-14(22-10)9-6-21-24-12(9)15(16,17)18/h5-7H,2-4H2,1H3,(H,21,24)(H2,19,22,23). The molecular formula is C15H15F3N6. The molecule has 0 radical (unpaired) electrons. The Labute approximate surface area is 135 Å². The van der Waals surface area contributed by atoms with Gasteiger partial charge in [-0.2, -0.15) is 18.3 Å². The summed E-state index contributed by atoms with van der Waals surface area (Å²) in [7, 11) is 0. The number of nitrogens with two attached hydrogens (primary N) is 1. The average Bonchev–Trinajstić information content (AvgIpc) is 3.02. The summed E-state index contributed by atoms with van der Waals surface area (Å²) in [6, 6.07) is 0. The maximum atomic E-state index is 13.0. The van der Waals surface area contributed by atoms with Gasteiger partial charge in [0.1, 0.15) is 5.82 Å². The number of aryl methyl sites for hydroxylation is 1. The third-order valence-corrected chi connectivity index (χ3v) is 3.68. The Kier molecular flexibility index (Phi) is 4.08. The normalized spacial score (nSPS) is 12.0. The van der Waals surface area contributed by atoms with Crippen molar-refractivity contribution in [2.45, 2.75) is 32.4 Å². The topological polar surface area (TPSA) is 93.4 Å². The van der Waals surface area contributed by atoms with Crippen LogP contribution in [0.1, 0.15) is 31.0 Å². The number of anilines is 1. The minimum Gasteiger partial charge on any atom is -0.383 e. The minimum absolute atomic E-state index is 0.129. The van der Waals surface area contributed by atoms with Gasteiger partial charge in [-0.1, -0.05) is 13.3 Å². The summed E-state index contributed by atoms with van der Waals surface area (Å²) in [5, 5.41) is 6.03. The molecule has 0 bridgehead atoms. The van der Waals surface area contributed by atoms with Gasteiger partial charge in [-0.3, -0.25) is 10.1 Å². The molecule has 24 heavy (non-hydrogen) atoms. The molecule has 0 saturated heterocycles. The first-order valence-corrected chi connectivity index (χ1v) is 7.42. The number of aromatic amines is 1. The third kappa shape index (κ3) is 2.89. The molecule has 0 aromatic carbocycles. The van der Waals surface area contributed by atoms with Gasteiger partial charge in [-0.05, 0) is 18.4 Å². The summed E-state index contributed by atoms with van der Waals surface area (Å²) in [6.07, 6.45) is 2.32. The van der Waals surface area contributed by atoms with Crippen LogP contribution in [0.15, 0.2) is 18.6 Å². The number of halogens is 3. The SMILES string of the molecule is CCCCc1cncc2nc(-c3cn[nH]c3C(F)(F)F)nc(N)c12. The first-order valence-electron chi connectivity index (χ1n) is 7.42. The highest BCUT2D eigenvalue weighted by molar-refractivity contribution is 5.91. The second kappa shape index (κ2) is 6.06. The molecule has 126 valence electrons. The Morgan fingerprint density at radius 2 is 1.96 bits per heavy atom. The summed E-state index contributed by atoms with van der Waals surface area (Å²) >= 11 is 0. The van der Waals surface area contributed by atoms with E-state index in [1.54, 1.807) is 6.20 Å². The first-order chi connectivity index (χ1) is 11.4. The average molecular weight is 336 g/mol. The predicted octanol–water partition coefficient (Wildman–Crippen LogP) is 3.36. The van der Waals surface area contributed by atoms with Crippen molar-refractivity contribution in [1.82, 2.24) is 25.1 Å². The Bertz CT molecular complexity index is 871. The number of hydrogen-bond acceptors (Lipinski definition) is 5. The van der Waals surface area contributed by atoms with E-state index in [1.165, 1.54) is 6.20 Å². The number of H-pyrrole nitrogens is 1. The lowest BCUT2D eigenvalue weighted by Crippen LogP contribution is -2.09. The number of fused-ring (bicyclic) bond motifs is 1. The van der Waals surface area contributed by atoms with Gasteiger partial charge in [0, 0.05) is 11.6 Å². The molecule has 3 N–H and O–H groups in total. The largest absolute Gasteiger partial charge is 0.433 e. The van der Waals surface area contributed by atoms with Crippen molar-refractivity contribution >= 4 is 16.7 Å². The molecule has 0 aliphatic rings. The van der Waals surface area contributed by atoms with E-state index >= 15 is 0 Å². The fourth-order valence-electron chi connectivity index (χ4n) is 2.53. The number of alkyl halides is 3. The zero-order valence-electron chi connectivity index (χ0n) is 12.9. The van der Waals surface area contributed by atoms with Gasteiger partial charge in [0.2, 0.25) is 0 Å². The zero-order chi connectivity index (χ0) is 17.3. The van der Waals surface area contributed by atoms with E-state index in [9.17, 15) is 13.2 Å². The molecule has 0 spiro atoms. The summed E-state index contributed by atoms with van der Waals surface area (Å²) in [5.74, 6) is 0.00773. The zero-order valence-corrected chi connectivity index (χ0v) is 12.9. The molecule has 0 unspecified atom stereocenters. The number of aromatic nitrogens is 5. The first kappa shape index (κ1) is 16.2. The maximum absolute atomic E-state index is 13.0. The highest BCUT2D eigenvalue weighted by Gasteiger charge is 2.36. The van der Waals surface area contributed by atoms with Crippen LogP contribution in [-0.2, 0) is 12.6 Å². The highest BCUT2D eigenvalue weighted by Crippen LogP contribution is 2.35. The molecule has 6 nitrogen and oxygen atoms in total. The second-order valence-electron chi connectivity index (χ2n) is 5.39. The lowest BCUT2D eigenvalue weighted by molar-refractivity contribution is -0.140. The van der Waals surface area contributed by atoms with Crippen LogP contribution in [0.5, 0.6) is 0 Å². The molecule has 9 heteroatoms. The highest BCUT2D eigenvalue weighted by atomic mass is 19.4. The van der Waals surface area contributed by atoms with E-state index in [0.717, 1.165) is 31.0 Å². The number of hydrogen-bond donors (Lipinski definition) is 2. The van der Waals surface area contributed by atoms with Crippen molar-refractivity contribution < 1.29 is 13.2 Å². The number of unbranched alkanes of at least 4 members (excludes halogenated alkanes) is 1. The van der Waals surface area contributed by atoms with Crippen LogP contribution in [0.3, 0.4) is 0 Å². The van der Waals surface area contributed by atoms with Crippen molar-refractivity contribution in [3.05, 3.63) is 29.8 Å². The molecule has 3 aromatic rings. The lowest BCUT2D eigenvalue weighted by Gasteiger charge is -2.10. The van der Waals surface area contributed by atoms with Gasteiger partial charge < -0.3 is 5.73 Å². The van der Waals surface area contributed by atoms with Crippen molar-refractivity contribution in [2.24, 2.45) is 0 Å². The Hall–Kier alpha value is -2.71. The van der Waals surface area contributed by atoms with E-state index in [1.807, 2.05) is 5.10 Å². The molecular weight excluding hydrogens is 321 g/mol. The van der Waals surface area contributed by atoms with E-state index < -0.39 is 11.9 Å². The summed E-state index contributed by atoms with van der Waals surface area (Å²) in [5.41, 5.74) is 6.07. The second-order valence-corrected chi connectivity index (χ2v) is 5.39. The Morgan fingerprint density at radius 1 is 1.17 bits per heavy atom. The molecule has 0 aliphatic heterocycles. The fraction of sp³-hybridized carbons (Fsp3) is 0.333. The number of nitrogens with zero attached hydrogens (tertiary/aromatic N) is 4. The van der Waals surface area contributed by atoms with Crippen LogP contribution in [0.4, 0.5) is 19.0 Å². The molecule has 0 amide bonds. The van der Waals surface area contributed by atoms with Crippen LogP contribution in [0.25, 0.3) is 22.3 Å². The number of nitrogen functional groups attached to an aromatic ring is 1. The van der Waals surface area contributed by atoms with Crippen LogP contribution in [0.2, 0.25) is 0 Å². The number of rotatable bonds is 4. The molecule has 3 heterocycles. The van der Waals surface area contributed by atoms with Gasteiger partial charge in [0.25, 0.3) is 0 Å². The summed E-state index contributed by atoms with van der Waals surface area (Å²) in [6.45, 7) is 2.06. The quantitative estimate of drug-likeness (QED) is 0.762. The molecule has 0 aliphatic carbocycles. The van der Waals surface area contributed by atoms with Crippen molar-refractivity contribution in [3.63, 3.8) is 0 Å². The van der Waals surface area contributed by atoms with E-state index in [-0.39, 0.29) is 17.2 Å². The maximum Gasteiger partial charge on any atom is 0.433 e. The third-order valence-electron chi connectivity index (χ3n) is 3.68. The monoisotopic (exact) mass is 336 g/mol. The van der Waals surface area contributed by atoms with Gasteiger partial charge in [-0.25, -0.2) is 9.97 Å². The van der Waals surface area contributed by atoms with Crippen molar-refractivity contribution in [3.8, 4) is 11.4 Å². The molecule has 3 aromatic heterocycles. The van der Waals surface area contributed by atoms with Gasteiger partial charge in [0.15, 0.2) is 11.5 Å². The summed E-state index contributed by atoms with van der Waals surface area (Å²) < 4.78 is 39.0. The van der Waals surface area contributed by atoms with Crippen LogP contribution in [0, 0.1) is 0 Å². The van der Waals surface area contributed by atoms with E-state index in [0.29, 0.717) is 10.9 Å². The van der Waals surface area contributed by atoms with Gasteiger partial charge in [0.05, 0.1) is 23.5 Å². The van der Waals surface area contributed by atoms with Crippen molar-refractivity contribution in [2.75, 3.05) is 5.73 Å². The van der Waals surface area contributed by atoms with Crippen molar-refractivity contribution in [1.29, 1.82) is 0 Å². The van der Waals surface area contributed by atoms with Gasteiger partial charge in [-0.15, -0.1) is 0 Å². The van der Waals surface area contributed by atoms with E-state index in [4.69, 9.17) is 5.73 Å². The molecule has 0 fully saturated rings. The minimum atomic E-state index is -4.58. The van der Waals surface area contributed by atoms with Gasteiger partial charge >= 0.3 is 6.18 Å². The van der Waals surface area contributed by atoms with E-state index in [2.05, 4.69) is 27.0 Å². The summed E-state index contributed by atoms with van der Waals surface area (Å²) in [4.78, 5) is 12.4. The molecule has 3 rings (SSSR count). The smallest absolute Gasteiger partial charge is 0.383 e. The number of nitrogens with one attached hydrogen (secondary N) is 1. The lowest BCUT2D eigenvalue weighted by atomic mass is 10.1.